The molecule has 2 N–H and O–H groups in total. The van der Waals surface area contributed by atoms with Crippen LogP contribution >= 0.6 is 0 Å². The summed E-state index contributed by atoms with van der Waals surface area (Å²) in [6, 6.07) is 11.3. The molecule has 0 spiro atoms. The van der Waals surface area contributed by atoms with E-state index in [2.05, 4.69) is 10.6 Å². The number of carbonyl (C=O) groups excluding carboxylic acids is 2. The highest BCUT2D eigenvalue weighted by atomic mass is 16.5. The topological polar surface area (TPSA) is 89.4 Å². The summed E-state index contributed by atoms with van der Waals surface area (Å²) in [6.45, 7) is 11.2. The number of hydrogen-bond donors (Lipinski definition) is 2. The van der Waals surface area contributed by atoms with E-state index >= 15 is 0 Å². The molecule has 34 heavy (non-hydrogen) atoms. The van der Waals surface area contributed by atoms with Crippen LogP contribution in [0.25, 0.3) is 10.8 Å². The molecule has 7 heteroatoms. The van der Waals surface area contributed by atoms with E-state index < -0.39 is 22.8 Å². The Morgan fingerprint density at radius 2 is 1.50 bits per heavy atom. The predicted molar refractivity (Wildman–Crippen MR) is 135 cm³/mol. The van der Waals surface area contributed by atoms with Gasteiger partial charge in [-0.2, -0.15) is 0 Å². The first kappa shape index (κ1) is 25.0. The third kappa shape index (κ3) is 5.65. The number of methoxy groups -OCH3 is 1. The summed E-state index contributed by atoms with van der Waals surface area (Å²) in [5, 5.41) is 7.76. The molecule has 1 aromatic heterocycles. The molecule has 3 rings (SSSR count). The van der Waals surface area contributed by atoms with Crippen LogP contribution in [-0.4, -0.2) is 29.0 Å². The lowest BCUT2D eigenvalue weighted by atomic mass is 10.0. The fourth-order valence-electron chi connectivity index (χ4n) is 3.62. The first-order valence-electron chi connectivity index (χ1n) is 11.4. The molecule has 3 aromatic rings. The van der Waals surface area contributed by atoms with Gasteiger partial charge in [-0.3, -0.25) is 14.4 Å². The lowest BCUT2D eigenvalue weighted by molar-refractivity contribution is 0.0917. The molecule has 0 saturated heterocycles. The third-order valence-corrected chi connectivity index (χ3v) is 5.54. The van der Waals surface area contributed by atoms with E-state index in [0.717, 1.165) is 22.1 Å². The van der Waals surface area contributed by atoms with E-state index in [4.69, 9.17) is 4.74 Å². The van der Waals surface area contributed by atoms with Crippen LogP contribution in [0.2, 0.25) is 0 Å². The molecule has 0 fully saturated rings. The number of ether oxygens (including phenoxy) is 1. The Hall–Kier alpha value is -3.61. The number of nitrogens with zero attached hydrogens (tertiary/aromatic N) is 1. The largest absolute Gasteiger partial charge is 0.497 e. The summed E-state index contributed by atoms with van der Waals surface area (Å²) >= 11 is 0. The van der Waals surface area contributed by atoms with Gasteiger partial charge in [-0.1, -0.05) is 18.2 Å². The van der Waals surface area contributed by atoms with Gasteiger partial charge in [0.05, 0.1) is 13.2 Å². The average molecular weight is 464 g/mol. The van der Waals surface area contributed by atoms with Crippen molar-refractivity contribution in [1.29, 1.82) is 0 Å². The molecule has 0 aliphatic heterocycles. The molecule has 180 valence electrons. The van der Waals surface area contributed by atoms with Crippen LogP contribution in [0.15, 0.2) is 53.6 Å². The van der Waals surface area contributed by atoms with Gasteiger partial charge < -0.3 is 19.9 Å². The normalized spacial score (nSPS) is 12.5. The van der Waals surface area contributed by atoms with Crippen molar-refractivity contribution in [3.63, 3.8) is 0 Å². The minimum absolute atomic E-state index is 0.0387. The van der Waals surface area contributed by atoms with Crippen molar-refractivity contribution in [2.75, 3.05) is 7.11 Å². The second kappa shape index (κ2) is 9.71. The van der Waals surface area contributed by atoms with E-state index in [1.807, 2.05) is 77.9 Å². The first-order valence-corrected chi connectivity index (χ1v) is 11.4. The van der Waals surface area contributed by atoms with Crippen molar-refractivity contribution in [2.24, 2.45) is 0 Å². The number of aromatic nitrogens is 1. The maximum absolute atomic E-state index is 13.2. The van der Waals surface area contributed by atoms with Gasteiger partial charge in [0, 0.05) is 24.0 Å². The molecule has 2 aromatic carbocycles. The van der Waals surface area contributed by atoms with Gasteiger partial charge in [0.25, 0.3) is 11.8 Å². The molecule has 0 saturated carbocycles. The number of benzene rings is 2. The number of rotatable bonds is 6. The molecule has 0 aliphatic rings. The molecule has 0 radical (unpaired) electrons. The minimum Gasteiger partial charge on any atom is -0.497 e. The molecular formula is C27H33N3O4. The highest BCUT2D eigenvalue weighted by molar-refractivity contribution is 5.99. The quantitative estimate of drug-likeness (QED) is 0.559. The molecule has 1 atom stereocenters. The van der Waals surface area contributed by atoms with Crippen molar-refractivity contribution >= 4 is 22.6 Å². The molecule has 0 bridgehead atoms. The highest BCUT2D eigenvalue weighted by Gasteiger charge is 2.24. The SMILES string of the molecule is COc1ccc2cc(C(C)NC(=O)c3cn(C(C)C)cc(C(=O)NC(C)(C)C)c3=O)ccc2c1. The van der Waals surface area contributed by atoms with Crippen LogP contribution in [0.4, 0.5) is 0 Å². The summed E-state index contributed by atoms with van der Waals surface area (Å²) in [5.74, 6) is -0.245. The zero-order valence-electron chi connectivity index (χ0n) is 20.9. The summed E-state index contributed by atoms with van der Waals surface area (Å²) in [4.78, 5) is 39.1. The van der Waals surface area contributed by atoms with Crippen molar-refractivity contribution < 1.29 is 14.3 Å². The van der Waals surface area contributed by atoms with Gasteiger partial charge in [0.1, 0.15) is 16.9 Å². The Bertz CT molecular complexity index is 1290. The lowest BCUT2D eigenvalue weighted by Gasteiger charge is -2.22. The Morgan fingerprint density at radius 3 is 2.09 bits per heavy atom. The van der Waals surface area contributed by atoms with Crippen LogP contribution in [0.3, 0.4) is 0 Å². The van der Waals surface area contributed by atoms with E-state index in [0.29, 0.717) is 0 Å². The number of carbonyl (C=O) groups is 2. The zero-order valence-corrected chi connectivity index (χ0v) is 20.9. The predicted octanol–water partition coefficient (Wildman–Crippen LogP) is 4.61. The van der Waals surface area contributed by atoms with Crippen LogP contribution < -0.4 is 20.8 Å². The highest BCUT2D eigenvalue weighted by Crippen LogP contribution is 2.24. The van der Waals surface area contributed by atoms with Gasteiger partial charge in [-0.05, 0) is 76.1 Å². The van der Waals surface area contributed by atoms with Crippen LogP contribution in [-0.2, 0) is 0 Å². The number of hydrogen-bond acceptors (Lipinski definition) is 4. The number of fused-ring (bicyclic) bond motifs is 1. The van der Waals surface area contributed by atoms with Gasteiger partial charge in [-0.15, -0.1) is 0 Å². The Morgan fingerprint density at radius 1 is 0.912 bits per heavy atom. The van der Waals surface area contributed by atoms with E-state index in [1.165, 1.54) is 12.4 Å². The maximum atomic E-state index is 13.2. The molecule has 7 nitrogen and oxygen atoms in total. The summed E-state index contributed by atoms with van der Waals surface area (Å²) in [7, 11) is 1.63. The van der Waals surface area contributed by atoms with E-state index in [9.17, 15) is 14.4 Å². The van der Waals surface area contributed by atoms with Crippen molar-refractivity contribution in [1.82, 2.24) is 15.2 Å². The summed E-state index contributed by atoms with van der Waals surface area (Å²) in [6.07, 6.45) is 3.02. The minimum atomic E-state index is -0.589. The van der Waals surface area contributed by atoms with Crippen LogP contribution in [0.5, 0.6) is 5.75 Å². The standard InChI is InChI=1S/C27H33N3O4/c1-16(2)30-14-22(24(31)23(15-30)26(33)29-27(4,5)6)25(32)28-17(3)18-8-9-20-13-21(34-7)11-10-19(20)12-18/h8-17H,1-7H3,(H,28,32)(H,29,33). The number of pyridine rings is 1. The van der Waals surface area contributed by atoms with Crippen LogP contribution in [0, 0.1) is 0 Å². The zero-order chi connectivity index (χ0) is 25.2. The van der Waals surface area contributed by atoms with Crippen LogP contribution in [0.1, 0.15) is 79.9 Å². The Kier molecular flexibility index (Phi) is 7.15. The summed E-state index contributed by atoms with van der Waals surface area (Å²) < 4.78 is 6.99. The maximum Gasteiger partial charge on any atom is 0.257 e. The van der Waals surface area contributed by atoms with Gasteiger partial charge >= 0.3 is 0 Å². The molecule has 1 unspecified atom stereocenters. The molecule has 1 heterocycles. The molecular weight excluding hydrogens is 430 g/mol. The van der Waals surface area contributed by atoms with Gasteiger partial charge in [0.2, 0.25) is 5.43 Å². The molecule has 0 aliphatic carbocycles. The monoisotopic (exact) mass is 463 g/mol. The van der Waals surface area contributed by atoms with Crippen molar-refractivity contribution in [2.45, 2.75) is 59.2 Å². The number of nitrogens with one attached hydrogen (secondary N) is 2. The fraction of sp³-hybridized carbons (Fsp3) is 0.370. The fourth-order valence-corrected chi connectivity index (χ4v) is 3.62. The second-order valence-electron chi connectivity index (χ2n) is 9.83. The first-order chi connectivity index (χ1) is 15.9. The van der Waals surface area contributed by atoms with Crippen molar-refractivity contribution in [3.8, 4) is 5.75 Å². The van der Waals surface area contributed by atoms with Crippen molar-refractivity contribution in [3.05, 3.63) is 75.7 Å². The van der Waals surface area contributed by atoms with E-state index in [-0.39, 0.29) is 23.2 Å². The smallest absolute Gasteiger partial charge is 0.257 e. The van der Waals surface area contributed by atoms with Gasteiger partial charge in [-0.25, -0.2) is 0 Å². The summed E-state index contributed by atoms with van der Waals surface area (Å²) in [5.41, 5.74) is -0.319. The lowest BCUT2D eigenvalue weighted by Crippen LogP contribution is -2.43. The van der Waals surface area contributed by atoms with Gasteiger partial charge in [0.15, 0.2) is 0 Å². The molecule has 2 amide bonds. The third-order valence-electron chi connectivity index (χ3n) is 5.54. The number of amides is 2. The Labute approximate surface area is 200 Å². The average Bonchev–Trinajstić information content (AvgIpc) is 2.76. The van der Waals surface area contributed by atoms with E-state index in [1.54, 1.807) is 11.7 Å². The Balaban J connectivity index is 1.92. The second-order valence-corrected chi connectivity index (χ2v) is 9.83.